The molecule has 0 unspecified atom stereocenters. The van der Waals surface area contributed by atoms with Crippen molar-refractivity contribution >= 4 is 12.2 Å². The smallest absolute Gasteiger partial charge is 0.250 e. The monoisotopic (exact) mass is 384 g/mol. The number of hydrogen-bond donors (Lipinski definition) is 0. The van der Waals surface area contributed by atoms with E-state index in [4.69, 9.17) is 14.0 Å². The van der Waals surface area contributed by atoms with Gasteiger partial charge in [-0.2, -0.15) is 4.98 Å². The third-order valence-electron chi connectivity index (χ3n) is 4.33. The predicted octanol–water partition coefficient (Wildman–Crippen LogP) is 5.49. The van der Waals surface area contributed by atoms with Gasteiger partial charge < -0.3 is 14.0 Å². The minimum absolute atomic E-state index is 0.410. The van der Waals surface area contributed by atoms with E-state index in [1.807, 2.05) is 84.9 Å². The SMILES string of the molecule is COc1ccc(/C=C\c2nc(-c3ccccc3)no2)cc1COc1ccccc1. The summed E-state index contributed by atoms with van der Waals surface area (Å²) in [7, 11) is 1.65. The molecule has 4 rings (SSSR count). The summed E-state index contributed by atoms with van der Waals surface area (Å²) in [5.74, 6) is 2.61. The highest BCUT2D eigenvalue weighted by Crippen LogP contribution is 2.23. The lowest BCUT2D eigenvalue weighted by molar-refractivity contribution is 0.296. The minimum Gasteiger partial charge on any atom is -0.496 e. The number of methoxy groups -OCH3 is 1. The van der Waals surface area contributed by atoms with E-state index in [9.17, 15) is 0 Å². The fourth-order valence-electron chi connectivity index (χ4n) is 2.87. The van der Waals surface area contributed by atoms with Crippen molar-refractivity contribution in [3.05, 3.63) is 95.9 Å². The van der Waals surface area contributed by atoms with Gasteiger partial charge in [0, 0.05) is 17.2 Å². The standard InChI is InChI=1S/C24H20N2O3/c1-27-22-14-12-18(16-20(22)17-28-21-10-6-3-7-11-21)13-15-23-25-24(26-29-23)19-8-4-2-5-9-19/h2-16H,17H2,1H3/b15-13-. The number of benzene rings is 3. The Balaban J connectivity index is 1.49. The molecule has 0 fully saturated rings. The lowest BCUT2D eigenvalue weighted by atomic mass is 10.1. The molecule has 5 nitrogen and oxygen atoms in total. The Labute approximate surface area is 169 Å². The van der Waals surface area contributed by atoms with Crippen LogP contribution in [-0.2, 0) is 6.61 Å². The molecule has 0 radical (unpaired) electrons. The van der Waals surface area contributed by atoms with Gasteiger partial charge in [0.15, 0.2) is 0 Å². The van der Waals surface area contributed by atoms with Crippen LogP contribution < -0.4 is 9.47 Å². The van der Waals surface area contributed by atoms with Crippen LogP contribution in [0.4, 0.5) is 0 Å². The molecule has 1 heterocycles. The van der Waals surface area contributed by atoms with E-state index in [1.54, 1.807) is 13.2 Å². The van der Waals surface area contributed by atoms with E-state index in [0.29, 0.717) is 18.3 Å². The molecule has 0 atom stereocenters. The van der Waals surface area contributed by atoms with E-state index in [1.165, 1.54) is 0 Å². The summed E-state index contributed by atoms with van der Waals surface area (Å²) >= 11 is 0. The largest absolute Gasteiger partial charge is 0.496 e. The van der Waals surface area contributed by atoms with Gasteiger partial charge in [-0.3, -0.25) is 0 Å². The first-order valence-corrected chi connectivity index (χ1v) is 9.24. The van der Waals surface area contributed by atoms with Crippen LogP contribution in [0.25, 0.3) is 23.5 Å². The lowest BCUT2D eigenvalue weighted by Crippen LogP contribution is -1.99. The van der Waals surface area contributed by atoms with Gasteiger partial charge in [-0.15, -0.1) is 0 Å². The maximum Gasteiger partial charge on any atom is 0.250 e. The van der Waals surface area contributed by atoms with Gasteiger partial charge in [0.05, 0.1) is 7.11 Å². The highest BCUT2D eigenvalue weighted by molar-refractivity contribution is 5.68. The Morgan fingerprint density at radius 3 is 2.41 bits per heavy atom. The first kappa shape index (κ1) is 18.5. The van der Waals surface area contributed by atoms with Gasteiger partial charge in [0.1, 0.15) is 18.1 Å². The van der Waals surface area contributed by atoms with Crippen molar-refractivity contribution in [1.29, 1.82) is 0 Å². The Morgan fingerprint density at radius 1 is 0.897 bits per heavy atom. The van der Waals surface area contributed by atoms with Crippen molar-refractivity contribution in [1.82, 2.24) is 10.1 Å². The molecule has 5 heteroatoms. The second-order valence-electron chi connectivity index (χ2n) is 6.33. The van der Waals surface area contributed by atoms with Crippen molar-refractivity contribution < 1.29 is 14.0 Å². The number of para-hydroxylation sites is 1. The topological polar surface area (TPSA) is 57.4 Å². The average molecular weight is 384 g/mol. The maximum absolute atomic E-state index is 5.86. The molecule has 1 aromatic heterocycles. The molecular weight excluding hydrogens is 364 g/mol. The number of aromatic nitrogens is 2. The van der Waals surface area contributed by atoms with Gasteiger partial charge in [0.2, 0.25) is 5.82 Å². The van der Waals surface area contributed by atoms with Gasteiger partial charge in [-0.1, -0.05) is 59.8 Å². The molecule has 0 amide bonds. The summed E-state index contributed by atoms with van der Waals surface area (Å²) in [6.45, 7) is 0.410. The molecular formula is C24H20N2O3. The van der Waals surface area contributed by atoms with Crippen LogP contribution in [0.15, 0.2) is 83.4 Å². The van der Waals surface area contributed by atoms with Gasteiger partial charge in [0.25, 0.3) is 5.89 Å². The number of ether oxygens (including phenoxy) is 2. The molecule has 0 saturated heterocycles. The summed E-state index contributed by atoms with van der Waals surface area (Å²) in [4.78, 5) is 4.41. The molecule has 0 N–H and O–H groups in total. The van der Waals surface area contributed by atoms with Crippen molar-refractivity contribution in [2.24, 2.45) is 0 Å². The van der Waals surface area contributed by atoms with Crippen LogP contribution in [0.1, 0.15) is 17.0 Å². The third-order valence-corrected chi connectivity index (χ3v) is 4.33. The fourth-order valence-corrected chi connectivity index (χ4v) is 2.87. The maximum atomic E-state index is 5.86. The van der Waals surface area contributed by atoms with E-state index in [0.717, 1.165) is 28.2 Å². The van der Waals surface area contributed by atoms with Crippen LogP contribution in [0.5, 0.6) is 11.5 Å². The van der Waals surface area contributed by atoms with Crippen molar-refractivity contribution in [3.8, 4) is 22.9 Å². The molecule has 3 aromatic carbocycles. The molecule has 0 bridgehead atoms. The van der Waals surface area contributed by atoms with Crippen LogP contribution in [0, 0.1) is 0 Å². The molecule has 0 aliphatic rings. The molecule has 4 aromatic rings. The zero-order valence-electron chi connectivity index (χ0n) is 16.0. The second-order valence-corrected chi connectivity index (χ2v) is 6.33. The Kier molecular flexibility index (Phi) is 5.67. The molecule has 29 heavy (non-hydrogen) atoms. The van der Waals surface area contributed by atoms with Crippen LogP contribution in [0.3, 0.4) is 0 Å². The van der Waals surface area contributed by atoms with Crippen LogP contribution in [0.2, 0.25) is 0 Å². The van der Waals surface area contributed by atoms with Crippen molar-refractivity contribution in [2.75, 3.05) is 7.11 Å². The minimum atomic E-state index is 0.410. The molecule has 144 valence electrons. The van der Waals surface area contributed by atoms with Gasteiger partial charge in [-0.25, -0.2) is 0 Å². The zero-order chi connectivity index (χ0) is 19.9. The summed E-state index contributed by atoms with van der Waals surface area (Å²) < 4.78 is 16.6. The normalized spacial score (nSPS) is 10.9. The second kappa shape index (κ2) is 8.89. The van der Waals surface area contributed by atoms with Crippen molar-refractivity contribution in [3.63, 3.8) is 0 Å². The van der Waals surface area contributed by atoms with Gasteiger partial charge >= 0.3 is 0 Å². The van der Waals surface area contributed by atoms with E-state index in [2.05, 4.69) is 10.1 Å². The summed E-state index contributed by atoms with van der Waals surface area (Å²) in [6.07, 6.45) is 3.72. The van der Waals surface area contributed by atoms with Crippen LogP contribution in [-0.4, -0.2) is 17.3 Å². The number of nitrogens with zero attached hydrogens (tertiary/aromatic N) is 2. The molecule has 0 aliphatic carbocycles. The highest BCUT2D eigenvalue weighted by Gasteiger charge is 2.07. The first-order valence-electron chi connectivity index (χ1n) is 9.24. The third kappa shape index (κ3) is 4.71. The summed E-state index contributed by atoms with van der Waals surface area (Å²) in [5.41, 5.74) is 2.85. The predicted molar refractivity (Wildman–Crippen MR) is 112 cm³/mol. The average Bonchev–Trinajstić information content (AvgIpc) is 3.27. The van der Waals surface area contributed by atoms with Gasteiger partial charge in [-0.05, 0) is 35.9 Å². The fraction of sp³-hybridized carbons (Fsp3) is 0.0833. The molecule has 0 saturated carbocycles. The zero-order valence-corrected chi connectivity index (χ0v) is 16.0. The van der Waals surface area contributed by atoms with E-state index in [-0.39, 0.29) is 0 Å². The Hall–Kier alpha value is -3.86. The summed E-state index contributed by atoms with van der Waals surface area (Å²) in [5, 5.41) is 4.03. The van der Waals surface area contributed by atoms with E-state index < -0.39 is 0 Å². The number of hydrogen-bond acceptors (Lipinski definition) is 5. The number of rotatable bonds is 7. The molecule has 0 spiro atoms. The first-order chi connectivity index (χ1) is 14.3. The Bertz CT molecular complexity index is 1090. The summed E-state index contributed by atoms with van der Waals surface area (Å²) in [6, 6.07) is 25.3. The van der Waals surface area contributed by atoms with E-state index >= 15 is 0 Å². The quantitative estimate of drug-likeness (QED) is 0.421. The molecule has 0 aliphatic heterocycles. The van der Waals surface area contributed by atoms with Crippen LogP contribution >= 0.6 is 0 Å². The highest BCUT2D eigenvalue weighted by atomic mass is 16.5. The Morgan fingerprint density at radius 2 is 1.66 bits per heavy atom. The lowest BCUT2D eigenvalue weighted by Gasteiger charge is -2.11. The van der Waals surface area contributed by atoms with Crippen molar-refractivity contribution in [2.45, 2.75) is 6.61 Å².